The number of rotatable bonds is 6. The summed E-state index contributed by atoms with van der Waals surface area (Å²) in [6.45, 7) is 0.414. The third kappa shape index (κ3) is 4.57. The van der Waals surface area contributed by atoms with Crippen LogP contribution in [0.2, 0.25) is 5.02 Å². The lowest BCUT2D eigenvalue weighted by atomic mass is 10.2. The summed E-state index contributed by atoms with van der Waals surface area (Å²) in [6, 6.07) is 15.0. The molecule has 0 bridgehead atoms. The second-order valence-corrected chi connectivity index (χ2v) is 7.58. The molecule has 3 N–H and O–H groups in total. The van der Waals surface area contributed by atoms with E-state index in [0.717, 1.165) is 15.6 Å². The van der Waals surface area contributed by atoms with E-state index in [1.165, 1.54) is 16.4 Å². The Labute approximate surface area is 168 Å². The predicted molar refractivity (Wildman–Crippen MR) is 107 cm³/mol. The van der Waals surface area contributed by atoms with Crippen molar-refractivity contribution in [3.63, 3.8) is 0 Å². The fraction of sp³-hybridized carbons (Fsp3) is 0.118. The van der Waals surface area contributed by atoms with Gasteiger partial charge in [-0.1, -0.05) is 63.6 Å². The van der Waals surface area contributed by atoms with E-state index in [2.05, 4.69) is 31.4 Å². The first-order chi connectivity index (χ1) is 12.5. The van der Waals surface area contributed by atoms with Gasteiger partial charge in [0.05, 0.1) is 5.75 Å². The molecular formula is C17H15BrClN5OS. The number of carbonyl (C=O) groups excluding carboxylic acids is 1. The van der Waals surface area contributed by atoms with Crippen molar-refractivity contribution in [1.29, 1.82) is 0 Å². The summed E-state index contributed by atoms with van der Waals surface area (Å²) in [4.78, 5) is 12.0. The van der Waals surface area contributed by atoms with Gasteiger partial charge < -0.3 is 11.2 Å². The topological polar surface area (TPSA) is 85.8 Å². The van der Waals surface area contributed by atoms with Gasteiger partial charge in [0.25, 0.3) is 0 Å². The largest absolute Gasteiger partial charge is 0.351 e. The van der Waals surface area contributed by atoms with E-state index in [1.54, 1.807) is 6.07 Å². The number of aromatic nitrogens is 3. The molecule has 0 atom stereocenters. The molecule has 0 aliphatic carbocycles. The molecule has 1 aromatic heterocycles. The van der Waals surface area contributed by atoms with Crippen LogP contribution in [0.15, 0.2) is 58.2 Å². The molecule has 0 aliphatic heterocycles. The number of benzene rings is 2. The van der Waals surface area contributed by atoms with Crippen LogP contribution in [-0.4, -0.2) is 26.5 Å². The number of nitrogens with one attached hydrogen (secondary N) is 1. The van der Waals surface area contributed by atoms with Crippen molar-refractivity contribution in [2.24, 2.45) is 0 Å². The van der Waals surface area contributed by atoms with Crippen molar-refractivity contribution < 1.29 is 4.79 Å². The molecule has 2 aromatic carbocycles. The van der Waals surface area contributed by atoms with Gasteiger partial charge in [0, 0.05) is 21.6 Å². The van der Waals surface area contributed by atoms with Gasteiger partial charge in [0.2, 0.25) is 11.1 Å². The number of carbonyl (C=O) groups is 1. The minimum atomic E-state index is -0.125. The number of amides is 1. The third-order valence-corrected chi connectivity index (χ3v) is 5.36. The highest BCUT2D eigenvalue weighted by molar-refractivity contribution is 9.10. The molecule has 0 unspecified atom stereocenters. The lowest BCUT2D eigenvalue weighted by Crippen LogP contribution is -2.25. The van der Waals surface area contributed by atoms with Crippen molar-refractivity contribution in [2.75, 3.05) is 11.6 Å². The van der Waals surface area contributed by atoms with Crippen LogP contribution in [0.5, 0.6) is 0 Å². The number of nitrogen functional groups attached to an aromatic ring is 1. The zero-order chi connectivity index (χ0) is 18.5. The van der Waals surface area contributed by atoms with Crippen LogP contribution in [0.4, 0.5) is 0 Å². The molecule has 3 aromatic rings. The molecule has 3 rings (SSSR count). The highest BCUT2D eigenvalue weighted by Crippen LogP contribution is 2.27. The second kappa shape index (κ2) is 8.57. The third-order valence-electron chi connectivity index (χ3n) is 3.49. The Balaban J connectivity index is 1.58. The molecule has 9 heteroatoms. The van der Waals surface area contributed by atoms with Crippen LogP contribution < -0.4 is 11.2 Å². The maximum Gasteiger partial charge on any atom is 0.230 e. The Morgan fingerprint density at radius 1 is 1.23 bits per heavy atom. The maximum absolute atomic E-state index is 12.0. The number of thioether (sulfide) groups is 1. The van der Waals surface area contributed by atoms with Gasteiger partial charge in [-0.3, -0.25) is 4.79 Å². The van der Waals surface area contributed by atoms with E-state index in [9.17, 15) is 4.79 Å². The summed E-state index contributed by atoms with van der Waals surface area (Å²) in [5, 5.41) is 12.1. The Bertz CT molecular complexity index is 933. The van der Waals surface area contributed by atoms with Gasteiger partial charge >= 0.3 is 0 Å². The van der Waals surface area contributed by atoms with Gasteiger partial charge in [-0.2, -0.15) is 0 Å². The summed E-state index contributed by atoms with van der Waals surface area (Å²) < 4.78 is 2.25. The summed E-state index contributed by atoms with van der Waals surface area (Å²) >= 11 is 10.6. The number of halogens is 2. The summed E-state index contributed by atoms with van der Waals surface area (Å²) in [5.74, 6) is 6.66. The Morgan fingerprint density at radius 2 is 2.04 bits per heavy atom. The van der Waals surface area contributed by atoms with Gasteiger partial charge in [-0.25, -0.2) is 4.68 Å². The van der Waals surface area contributed by atoms with Crippen LogP contribution in [0.3, 0.4) is 0 Å². The minimum absolute atomic E-state index is 0.125. The van der Waals surface area contributed by atoms with Crippen LogP contribution >= 0.6 is 39.3 Å². The van der Waals surface area contributed by atoms with Gasteiger partial charge in [0.15, 0.2) is 5.82 Å². The smallest absolute Gasteiger partial charge is 0.230 e. The minimum Gasteiger partial charge on any atom is -0.351 e. The second-order valence-electron chi connectivity index (χ2n) is 5.35. The lowest BCUT2D eigenvalue weighted by Gasteiger charge is -2.06. The quantitative estimate of drug-likeness (QED) is 0.442. The number of hydrogen-bond acceptors (Lipinski definition) is 5. The van der Waals surface area contributed by atoms with Crippen LogP contribution in [0.25, 0.3) is 11.4 Å². The molecule has 6 nitrogen and oxygen atoms in total. The van der Waals surface area contributed by atoms with Gasteiger partial charge in [0.1, 0.15) is 0 Å². The Hall–Kier alpha value is -2.03. The number of nitrogens with two attached hydrogens (primary N) is 1. The average molecular weight is 453 g/mol. The molecule has 0 fully saturated rings. The fourth-order valence-corrected chi connectivity index (χ4v) is 3.59. The fourth-order valence-electron chi connectivity index (χ4n) is 2.23. The van der Waals surface area contributed by atoms with Gasteiger partial charge in [-0.15, -0.1) is 10.2 Å². The van der Waals surface area contributed by atoms with Crippen LogP contribution in [0, 0.1) is 0 Å². The standard InChI is InChI=1S/C17H15BrClN5OS/c18-14-7-2-1-6-13(14)16-22-23-17(24(16)20)26-10-15(25)21-9-11-4-3-5-12(19)8-11/h1-8H,9-10,20H2,(H,21,25). The predicted octanol–water partition coefficient (Wildman–Crippen LogP) is 3.48. The molecule has 0 saturated carbocycles. The summed E-state index contributed by atoms with van der Waals surface area (Å²) in [7, 11) is 0. The number of nitrogens with zero attached hydrogens (tertiary/aromatic N) is 3. The van der Waals surface area contributed by atoms with Crippen molar-refractivity contribution >= 4 is 45.2 Å². The first-order valence-corrected chi connectivity index (χ1v) is 9.79. The Kier molecular flexibility index (Phi) is 6.18. The average Bonchev–Trinajstić information content (AvgIpc) is 2.99. The molecule has 1 heterocycles. The summed E-state index contributed by atoms with van der Waals surface area (Å²) in [5.41, 5.74) is 1.77. The zero-order valence-corrected chi connectivity index (χ0v) is 16.7. The van der Waals surface area contributed by atoms with Crippen molar-refractivity contribution in [3.05, 3.63) is 63.6 Å². The van der Waals surface area contributed by atoms with Crippen LogP contribution in [-0.2, 0) is 11.3 Å². The van der Waals surface area contributed by atoms with Crippen molar-refractivity contribution in [2.45, 2.75) is 11.7 Å². The molecule has 0 spiro atoms. The molecule has 1 amide bonds. The first-order valence-electron chi connectivity index (χ1n) is 7.64. The maximum atomic E-state index is 12.0. The SMILES string of the molecule is Nn1c(SCC(=O)NCc2cccc(Cl)c2)nnc1-c1ccccc1Br. The van der Waals surface area contributed by atoms with Gasteiger partial charge in [-0.05, 0) is 29.8 Å². The molecule has 0 radical (unpaired) electrons. The first kappa shape index (κ1) is 18.8. The molecule has 134 valence electrons. The molecule has 0 saturated heterocycles. The molecule has 0 aliphatic rings. The number of hydrogen-bond donors (Lipinski definition) is 2. The summed E-state index contributed by atoms with van der Waals surface area (Å²) in [6.07, 6.45) is 0. The highest BCUT2D eigenvalue weighted by atomic mass is 79.9. The highest BCUT2D eigenvalue weighted by Gasteiger charge is 2.15. The molecular weight excluding hydrogens is 438 g/mol. The molecule has 26 heavy (non-hydrogen) atoms. The van der Waals surface area contributed by atoms with E-state index < -0.39 is 0 Å². The normalized spacial score (nSPS) is 10.7. The monoisotopic (exact) mass is 451 g/mol. The van der Waals surface area contributed by atoms with E-state index in [-0.39, 0.29) is 11.7 Å². The van der Waals surface area contributed by atoms with Crippen molar-refractivity contribution in [3.8, 4) is 11.4 Å². The van der Waals surface area contributed by atoms with E-state index in [0.29, 0.717) is 22.5 Å². The Morgan fingerprint density at radius 3 is 2.81 bits per heavy atom. The zero-order valence-electron chi connectivity index (χ0n) is 13.5. The van der Waals surface area contributed by atoms with E-state index in [4.69, 9.17) is 17.4 Å². The van der Waals surface area contributed by atoms with Crippen molar-refractivity contribution in [1.82, 2.24) is 20.2 Å². The lowest BCUT2D eigenvalue weighted by molar-refractivity contribution is -0.118. The van der Waals surface area contributed by atoms with E-state index >= 15 is 0 Å². The van der Waals surface area contributed by atoms with Crippen LogP contribution in [0.1, 0.15) is 5.56 Å². The van der Waals surface area contributed by atoms with E-state index in [1.807, 2.05) is 42.5 Å².